The number of ether oxygens (including phenoxy) is 1. The standard InChI is InChI=1S/C21H18N4O5S/c1-3-29-21(28)13-7-4-5-8-14(13)23-16(26)11-25-20(27)18-19(31-12(2)22-18)17(24-25)15-9-6-10-30-15/h4-10H,3,11H2,1-2H3,(H,23,26). The molecule has 0 aliphatic heterocycles. The maximum atomic E-state index is 12.9. The van der Waals surface area contributed by atoms with Crippen LogP contribution in [0.25, 0.3) is 21.7 Å². The van der Waals surface area contributed by atoms with Crippen molar-refractivity contribution in [1.82, 2.24) is 14.8 Å². The summed E-state index contributed by atoms with van der Waals surface area (Å²) in [4.78, 5) is 42.0. The third-order valence-corrected chi connectivity index (χ3v) is 5.33. The molecule has 0 saturated carbocycles. The van der Waals surface area contributed by atoms with Gasteiger partial charge in [0.2, 0.25) is 5.91 Å². The molecule has 0 atom stereocenters. The van der Waals surface area contributed by atoms with Crippen molar-refractivity contribution in [2.24, 2.45) is 0 Å². The Kier molecular flexibility index (Phi) is 5.63. The van der Waals surface area contributed by atoms with Gasteiger partial charge in [-0.3, -0.25) is 9.59 Å². The van der Waals surface area contributed by atoms with Crippen LogP contribution < -0.4 is 10.9 Å². The monoisotopic (exact) mass is 438 g/mol. The van der Waals surface area contributed by atoms with Crippen molar-refractivity contribution in [2.75, 3.05) is 11.9 Å². The minimum Gasteiger partial charge on any atom is -0.463 e. The first kappa shape index (κ1) is 20.5. The summed E-state index contributed by atoms with van der Waals surface area (Å²) < 4.78 is 12.1. The van der Waals surface area contributed by atoms with Crippen LogP contribution in [0.2, 0.25) is 0 Å². The lowest BCUT2D eigenvalue weighted by Crippen LogP contribution is -2.30. The number of rotatable bonds is 6. The zero-order valence-corrected chi connectivity index (χ0v) is 17.6. The van der Waals surface area contributed by atoms with Crippen molar-refractivity contribution in [3.63, 3.8) is 0 Å². The third kappa shape index (κ3) is 4.10. The summed E-state index contributed by atoms with van der Waals surface area (Å²) in [6.07, 6.45) is 1.51. The van der Waals surface area contributed by atoms with Gasteiger partial charge in [-0.1, -0.05) is 12.1 Å². The number of benzene rings is 1. The van der Waals surface area contributed by atoms with Crippen LogP contribution in [0.4, 0.5) is 5.69 Å². The van der Waals surface area contributed by atoms with Gasteiger partial charge in [-0.2, -0.15) is 5.10 Å². The van der Waals surface area contributed by atoms with Gasteiger partial charge in [0.1, 0.15) is 12.2 Å². The summed E-state index contributed by atoms with van der Waals surface area (Å²) in [6.45, 7) is 3.34. The minimum absolute atomic E-state index is 0.211. The number of carbonyl (C=O) groups excluding carboxylic acids is 2. The molecule has 9 nitrogen and oxygen atoms in total. The number of esters is 1. The molecule has 0 unspecified atom stereocenters. The van der Waals surface area contributed by atoms with E-state index >= 15 is 0 Å². The predicted molar refractivity (Wildman–Crippen MR) is 115 cm³/mol. The zero-order chi connectivity index (χ0) is 22.0. The molecule has 3 heterocycles. The molecule has 0 spiro atoms. The smallest absolute Gasteiger partial charge is 0.340 e. The van der Waals surface area contributed by atoms with E-state index in [1.165, 1.54) is 17.6 Å². The van der Waals surface area contributed by atoms with E-state index in [0.29, 0.717) is 21.2 Å². The van der Waals surface area contributed by atoms with Crippen molar-refractivity contribution >= 4 is 39.1 Å². The lowest BCUT2D eigenvalue weighted by atomic mass is 10.2. The summed E-state index contributed by atoms with van der Waals surface area (Å²) in [5.41, 5.74) is 0.688. The van der Waals surface area contributed by atoms with E-state index in [0.717, 1.165) is 4.68 Å². The number of nitrogens with zero attached hydrogens (tertiary/aromatic N) is 3. The summed E-state index contributed by atoms with van der Waals surface area (Å²) in [5.74, 6) is -0.605. The Balaban J connectivity index is 1.67. The van der Waals surface area contributed by atoms with Crippen LogP contribution >= 0.6 is 11.3 Å². The molecule has 0 radical (unpaired) electrons. The molecular formula is C21H18N4O5S. The second-order valence-electron chi connectivity index (χ2n) is 6.51. The van der Waals surface area contributed by atoms with E-state index in [1.54, 1.807) is 50.2 Å². The van der Waals surface area contributed by atoms with Crippen LogP contribution in [0.3, 0.4) is 0 Å². The van der Waals surface area contributed by atoms with Crippen LogP contribution in [0.5, 0.6) is 0 Å². The molecule has 0 aliphatic carbocycles. The van der Waals surface area contributed by atoms with Crippen molar-refractivity contribution in [2.45, 2.75) is 20.4 Å². The first-order valence-corrected chi connectivity index (χ1v) is 10.3. The van der Waals surface area contributed by atoms with Crippen molar-refractivity contribution in [3.8, 4) is 11.5 Å². The average molecular weight is 438 g/mol. The van der Waals surface area contributed by atoms with Gasteiger partial charge in [0, 0.05) is 0 Å². The van der Waals surface area contributed by atoms with Gasteiger partial charge in [-0.15, -0.1) is 11.3 Å². The number of aromatic nitrogens is 3. The minimum atomic E-state index is -0.548. The Morgan fingerprint density at radius 3 is 2.77 bits per heavy atom. The summed E-state index contributed by atoms with van der Waals surface area (Å²) in [7, 11) is 0. The number of hydrogen-bond donors (Lipinski definition) is 1. The second kappa shape index (κ2) is 8.52. The second-order valence-corrected chi connectivity index (χ2v) is 7.72. The molecule has 1 aromatic carbocycles. The van der Waals surface area contributed by atoms with Crippen LogP contribution in [0.1, 0.15) is 22.3 Å². The topological polar surface area (TPSA) is 116 Å². The summed E-state index contributed by atoms with van der Waals surface area (Å²) >= 11 is 1.33. The Hall–Kier alpha value is -3.79. The lowest BCUT2D eigenvalue weighted by molar-refractivity contribution is -0.117. The van der Waals surface area contributed by atoms with Crippen molar-refractivity contribution in [1.29, 1.82) is 0 Å². The van der Waals surface area contributed by atoms with Crippen LogP contribution in [-0.4, -0.2) is 33.2 Å². The van der Waals surface area contributed by atoms with E-state index in [4.69, 9.17) is 9.15 Å². The molecule has 0 aliphatic rings. The van der Waals surface area contributed by atoms with Crippen LogP contribution in [0, 0.1) is 6.92 Å². The van der Waals surface area contributed by atoms with Crippen LogP contribution in [0.15, 0.2) is 51.9 Å². The number of carbonyl (C=O) groups is 2. The molecule has 4 aromatic rings. The Morgan fingerprint density at radius 1 is 1.23 bits per heavy atom. The zero-order valence-electron chi connectivity index (χ0n) is 16.7. The highest BCUT2D eigenvalue weighted by molar-refractivity contribution is 7.19. The molecule has 0 saturated heterocycles. The normalized spacial score (nSPS) is 10.9. The number of anilines is 1. The number of amides is 1. The lowest BCUT2D eigenvalue weighted by Gasteiger charge is -2.11. The fraction of sp³-hybridized carbons (Fsp3) is 0.190. The van der Waals surface area contributed by atoms with Crippen molar-refractivity contribution < 1.29 is 18.7 Å². The van der Waals surface area contributed by atoms with Gasteiger partial charge in [0.25, 0.3) is 5.56 Å². The van der Waals surface area contributed by atoms with E-state index < -0.39 is 17.4 Å². The number of fused-ring (bicyclic) bond motifs is 1. The van der Waals surface area contributed by atoms with Gasteiger partial charge in [0.05, 0.1) is 33.8 Å². The summed E-state index contributed by atoms with van der Waals surface area (Å²) in [6, 6.07) is 9.93. The molecule has 0 bridgehead atoms. The van der Waals surface area contributed by atoms with Gasteiger partial charge < -0.3 is 14.5 Å². The third-order valence-electron chi connectivity index (χ3n) is 4.35. The van der Waals surface area contributed by atoms with Crippen molar-refractivity contribution in [3.05, 3.63) is 63.6 Å². The molecule has 31 heavy (non-hydrogen) atoms. The number of hydrogen-bond acceptors (Lipinski definition) is 8. The molecular weight excluding hydrogens is 420 g/mol. The first-order chi connectivity index (χ1) is 15.0. The van der Waals surface area contributed by atoms with E-state index in [2.05, 4.69) is 15.4 Å². The van der Waals surface area contributed by atoms with E-state index in [9.17, 15) is 14.4 Å². The maximum absolute atomic E-state index is 12.9. The molecule has 0 fully saturated rings. The predicted octanol–water partition coefficient (Wildman–Crippen LogP) is 3.24. The highest BCUT2D eigenvalue weighted by Gasteiger charge is 2.20. The van der Waals surface area contributed by atoms with Gasteiger partial charge in [-0.25, -0.2) is 14.5 Å². The average Bonchev–Trinajstić information content (AvgIpc) is 3.40. The summed E-state index contributed by atoms with van der Waals surface area (Å²) in [5, 5.41) is 7.71. The fourth-order valence-corrected chi connectivity index (χ4v) is 3.95. The van der Waals surface area contributed by atoms with Gasteiger partial charge in [-0.05, 0) is 38.1 Å². The Bertz CT molecular complexity index is 1320. The van der Waals surface area contributed by atoms with E-state index in [1.807, 2.05) is 0 Å². The quantitative estimate of drug-likeness (QED) is 0.459. The number of furan rings is 1. The maximum Gasteiger partial charge on any atom is 0.340 e. The number of nitrogens with one attached hydrogen (secondary N) is 1. The van der Waals surface area contributed by atoms with Gasteiger partial charge in [0.15, 0.2) is 11.3 Å². The fourth-order valence-electron chi connectivity index (χ4n) is 3.05. The molecule has 3 aromatic heterocycles. The highest BCUT2D eigenvalue weighted by atomic mass is 32.1. The Morgan fingerprint density at radius 2 is 2.03 bits per heavy atom. The van der Waals surface area contributed by atoms with Crippen LogP contribution in [-0.2, 0) is 16.1 Å². The number of thiazole rings is 1. The molecule has 4 rings (SSSR count). The molecule has 1 N–H and O–H groups in total. The Labute approximate surface area is 180 Å². The molecule has 1 amide bonds. The van der Waals surface area contributed by atoms with Gasteiger partial charge >= 0.3 is 5.97 Å². The number of aryl methyl sites for hydroxylation is 1. The first-order valence-electron chi connectivity index (χ1n) is 9.46. The number of para-hydroxylation sites is 1. The van der Waals surface area contributed by atoms with E-state index in [-0.39, 0.29) is 29.9 Å². The molecule has 158 valence electrons. The molecule has 10 heteroatoms. The SMILES string of the molecule is CCOC(=O)c1ccccc1NC(=O)Cn1nc(-c2ccco2)c2sc(C)nc2c1=O. The highest BCUT2D eigenvalue weighted by Crippen LogP contribution is 2.29. The largest absolute Gasteiger partial charge is 0.463 e.